The van der Waals surface area contributed by atoms with Crippen LogP contribution >= 0.6 is 11.3 Å². The van der Waals surface area contributed by atoms with E-state index in [4.69, 9.17) is 0 Å². The van der Waals surface area contributed by atoms with Crippen molar-refractivity contribution >= 4 is 33.7 Å². The Hall–Kier alpha value is -2.98. The largest absolute Gasteiger partial charge is 0.322 e. The molecule has 0 aliphatic heterocycles. The third kappa shape index (κ3) is 2.92. The second-order valence-corrected chi connectivity index (χ2v) is 6.33. The molecule has 1 heterocycles. The summed E-state index contributed by atoms with van der Waals surface area (Å²) in [6.45, 7) is 0. The molecule has 4 heteroatoms. The zero-order chi connectivity index (χ0) is 16.4. The molecule has 0 saturated heterocycles. The molecule has 0 radical (unpaired) electrons. The molecular formula is C20H14N2OS. The quantitative estimate of drug-likeness (QED) is 0.560. The summed E-state index contributed by atoms with van der Waals surface area (Å²) in [5.41, 5.74) is 2.47. The monoisotopic (exact) mass is 330 g/mol. The van der Waals surface area contributed by atoms with Crippen LogP contribution in [-0.2, 0) is 0 Å². The lowest BCUT2D eigenvalue weighted by Crippen LogP contribution is -2.11. The second-order valence-electron chi connectivity index (χ2n) is 5.43. The fourth-order valence-electron chi connectivity index (χ4n) is 2.60. The Labute approximate surface area is 143 Å². The molecule has 0 aliphatic carbocycles. The van der Waals surface area contributed by atoms with Gasteiger partial charge < -0.3 is 5.32 Å². The predicted octanol–water partition coefficient (Wildman–Crippen LogP) is 5.22. The molecule has 0 atom stereocenters. The molecule has 4 aromatic rings. The van der Waals surface area contributed by atoms with Gasteiger partial charge in [0.2, 0.25) is 0 Å². The summed E-state index contributed by atoms with van der Waals surface area (Å²) >= 11 is 1.60. The van der Waals surface area contributed by atoms with E-state index in [0.717, 1.165) is 27.0 Å². The number of carbonyl (C=O) groups is 1. The first kappa shape index (κ1) is 14.6. The fraction of sp³-hybridized carbons (Fsp3) is 0. The maximum Gasteiger partial charge on any atom is 0.255 e. The summed E-state index contributed by atoms with van der Waals surface area (Å²) in [6, 6.07) is 21.5. The van der Waals surface area contributed by atoms with Crippen molar-refractivity contribution in [3.05, 3.63) is 83.9 Å². The Kier molecular flexibility index (Phi) is 3.81. The van der Waals surface area contributed by atoms with Gasteiger partial charge in [-0.1, -0.05) is 30.3 Å². The number of anilines is 1. The van der Waals surface area contributed by atoms with Gasteiger partial charge in [-0.3, -0.25) is 4.79 Å². The summed E-state index contributed by atoms with van der Waals surface area (Å²) in [7, 11) is 0. The first-order valence-electron chi connectivity index (χ1n) is 7.60. The predicted molar refractivity (Wildman–Crippen MR) is 99.5 cm³/mol. The number of carbonyl (C=O) groups excluding carboxylic acids is 1. The minimum atomic E-state index is -0.109. The SMILES string of the molecule is O=C(Nc1ccc(-c2nccs2)cc1)c1ccc2ccccc2c1. The molecule has 3 nitrogen and oxygen atoms in total. The molecule has 116 valence electrons. The normalized spacial score (nSPS) is 10.7. The van der Waals surface area contributed by atoms with Crippen LogP contribution < -0.4 is 5.32 Å². The standard InChI is InChI=1S/C20H14N2OS/c23-19(17-6-5-14-3-1-2-4-16(14)13-17)22-18-9-7-15(8-10-18)20-21-11-12-24-20/h1-13H,(H,22,23). The van der Waals surface area contributed by atoms with Gasteiger partial charge in [0.25, 0.3) is 5.91 Å². The van der Waals surface area contributed by atoms with Gasteiger partial charge in [0.05, 0.1) is 0 Å². The van der Waals surface area contributed by atoms with E-state index in [0.29, 0.717) is 5.56 Å². The number of hydrogen-bond acceptors (Lipinski definition) is 3. The lowest BCUT2D eigenvalue weighted by molar-refractivity contribution is 0.102. The van der Waals surface area contributed by atoms with Crippen LogP contribution in [0.2, 0.25) is 0 Å². The second kappa shape index (κ2) is 6.26. The number of thiazole rings is 1. The highest BCUT2D eigenvalue weighted by Gasteiger charge is 2.07. The third-order valence-corrected chi connectivity index (χ3v) is 4.66. The summed E-state index contributed by atoms with van der Waals surface area (Å²) in [6.07, 6.45) is 1.79. The summed E-state index contributed by atoms with van der Waals surface area (Å²) < 4.78 is 0. The van der Waals surface area contributed by atoms with Crippen LogP contribution in [-0.4, -0.2) is 10.9 Å². The molecule has 0 spiro atoms. The molecule has 0 unspecified atom stereocenters. The van der Waals surface area contributed by atoms with Crippen molar-refractivity contribution in [3.8, 4) is 10.6 Å². The van der Waals surface area contributed by atoms with E-state index >= 15 is 0 Å². The number of hydrogen-bond donors (Lipinski definition) is 1. The van der Waals surface area contributed by atoms with Crippen molar-refractivity contribution in [1.29, 1.82) is 0 Å². The Morgan fingerprint density at radius 2 is 1.71 bits per heavy atom. The van der Waals surface area contributed by atoms with E-state index in [1.54, 1.807) is 17.5 Å². The van der Waals surface area contributed by atoms with Crippen LogP contribution in [0.15, 0.2) is 78.3 Å². The van der Waals surface area contributed by atoms with Crippen LogP contribution in [0.5, 0.6) is 0 Å². The Morgan fingerprint density at radius 1 is 0.917 bits per heavy atom. The molecule has 3 aromatic carbocycles. The number of nitrogens with one attached hydrogen (secondary N) is 1. The molecule has 0 aliphatic rings. The Bertz CT molecular complexity index is 992. The molecule has 0 fully saturated rings. The van der Waals surface area contributed by atoms with Crippen LogP contribution in [0.25, 0.3) is 21.3 Å². The fourth-order valence-corrected chi connectivity index (χ4v) is 3.24. The highest BCUT2D eigenvalue weighted by Crippen LogP contribution is 2.23. The molecule has 0 saturated carbocycles. The first-order chi connectivity index (χ1) is 11.8. The highest BCUT2D eigenvalue weighted by molar-refractivity contribution is 7.13. The Balaban J connectivity index is 1.54. The highest BCUT2D eigenvalue weighted by atomic mass is 32.1. The molecule has 1 amide bonds. The minimum absolute atomic E-state index is 0.109. The van der Waals surface area contributed by atoms with Crippen LogP contribution in [0.4, 0.5) is 5.69 Å². The van der Waals surface area contributed by atoms with Crippen molar-refractivity contribution in [1.82, 2.24) is 4.98 Å². The van der Waals surface area contributed by atoms with E-state index in [2.05, 4.69) is 10.3 Å². The van der Waals surface area contributed by atoms with Gasteiger partial charge >= 0.3 is 0 Å². The van der Waals surface area contributed by atoms with Gasteiger partial charge in [-0.25, -0.2) is 4.98 Å². The van der Waals surface area contributed by atoms with Crippen LogP contribution in [0.3, 0.4) is 0 Å². The zero-order valence-corrected chi connectivity index (χ0v) is 13.6. The van der Waals surface area contributed by atoms with Gasteiger partial charge in [0.15, 0.2) is 0 Å². The zero-order valence-electron chi connectivity index (χ0n) is 12.8. The average Bonchev–Trinajstić information content (AvgIpc) is 3.16. The van der Waals surface area contributed by atoms with E-state index in [1.165, 1.54) is 0 Å². The van der Waals surface area contributed by atoms with Crippen molar-refractivity contribution in [2.45, 2.75) is 0 Å². The molecule has 1 N–H and O–H groups in total. The van der Waals surface area contributed by atoms with Crippen LogP contribution in [0, 0.1) is 0 Å². The van der Waals surface area contributed by atoms with E-state index in [9.17, 15) is 4.79 Å². The number of amides is 1. The molecule has 24 heavy (non-hydrogen) atoms. The smallest absolute Gasteiger partial charge is 0.255 e. The summed E-state index contributed by atoms with van der Waals surface area (Å²) in [5, 5.41) is 8.05. The lowest BCUT2D eigenvalue weighted by Gasteiger charge is -2.07. The van der Waals surface area contributed by atoms with E-state index in [1.807, 2.05) is 72.1 Å². The van der Waals surface area contributed by atoms with Crippen LogP contribution in [0.1, 0.15) is 10.4 Å². The van der Waals surface area contributed by atoms with Gasteiger partial charge in [0.1, 0.15) is 5.01 Å². The van der Waals surface area contributed by atoms with E-state index < -0.39 is 0 Å². The van der Waals surface area contributed by atoms with Crippen molar-refractivity contribution < 1.29 is 4.79 Å². The molecular weight excluding hydrogens is 316 g/mol. The maximum absolute atomic E-state index is 12.4. The van der Waals surface area contributed by atoms with Crippen molar-refractivity contribution in [3.63, 3.8) is 0 Å². The minimum Gasteiger partial charge on any atom is -0.322 e. The molecule has 4 rings (SSSR count). The number of benzene rings is 3. The summed E-state index contributed by atoms with van der Waals surface area (Å²) in [4.78, 5) is 16.7. The van der Waals surface area contributed by atoms with Gasteiger partial charge in [-0.15, -0.1) is 11.3 Å². The topological polar surface area (TPSA) is 42.0 Å². The summed E-state index contributed by atoms with van der Waals surface area (Å²) in [5.74, 6) is -0.109. The number of aromatic nitrogens is 1. The van der Waals surface area contributed by atoms with Crippen molar-refractivity contribution in [2.24, 2.45) is 0 Å². The van der Waals surface area contributed by atoms with Gasteiger partial charge in [0, 0.05) is 28.4 Å². The van der Waals surface area contributed by atoms with Crippen molar-refractivity contribution in [2.75, 3.05) is 5.32 Å². The number of fused-ring (bicyclic) bond motifs is 1. The molecule has 0 bridgehead atoms. The van der Waals surface area contributed by atoms with E-state index in [-0.39, 0.29) is 5.91 Å². The number of rotatable bonds is 3. The average molecular weight is 330 g/mol. The van der Waals surface area contributed by atoms with Gasteiger partial charge in [-0.05, 0) is 47.2 Å². The lowest BCUT2D eigenvalue weighted by atomic mass is 10.1. The van der Waals surface area contributed by atoms with Gasteiger partial charge in [-0.2, -0.15) is 0 Å². The first-order valence-corrected chi connectivity index (χ1v) is 8.48. The maximum atomic E-state index is 12.4. The Morgan fingerprint density at radius 3 is 2.46 bits per heavy atom. The number of nitrogens with zero attached hydrogens (tertiary/aromatic N) is 1. The third-order valence-electron chi connectivity index (χ3n) is 3.83. The molecule has 1 aromatic heterocycles.